The van der Waals surface area contributed by atoms with Gasteiger partial charge in [-0.1, -0.05) is 60.7 Å². The summed E-state index contributed by atoms with van der Waals surface area (Å²) in [5.74, 6) is 0.182. The van der Waals surface area contributed by atoms with Crippen LogP contribution in [-0.4, -0.2) is 15.5 Å². The summed E-state index contributed by atoms with van der Waals surface area (Å²) in [5, 5.41) is 3.61. The van der Waals surface area contributed by atoms with Gasteiger partial charge in [0.05, 0.1) is 22.3 Å². The molecule has 2 aromatic carbocycles. The topological polar surface area (TPSA) is 66.9 Å². The number of carbonyl (C=O) groups excluding carboxylic acids is 1. The maximum absolute atomic E-state index is 13.3. The first-order valence-electron chi connectivity index (χ1n) is 10.5. The molecule has 156 valence electrons. The minimum atomic E-state index is -0.261. The fraction of sp³-hybridized carbons (Fsp3) is 0.333. The van der Waals surface area contributed by atoms with Crippen LogP contribution in [0.3, 0.4) is 0 Å². The third kappa shape index (κ3) is 4.36. The molecule has 3 aromatic rings. The summed E-state index contributed by atoms with van der Waals surface area (Å²) >= 11 is 6.37. The molecule has 4 rings (SSSR count). The third-order valence-corrected chi connectivity index (χ3v) is 6.30. The molecule has 1 fully saturated rings. The Morgan fingerprint density at radius 2 is 1.87 bits per heavy atom. The third-order valence-electron chi connectivity index (χ3n) is 5.97. The smallest absolute Gasteiger partial charge is 0.330 e. The number of aromatic nitrogens is 2. The van der Waals surface area contributed by atoms with Crippen molar-refractivity contribution in [3.05, 3.63) is 87.1 Å². The molecule has 0 bridgehead atoms. The van der Waals surface area contributed by atoms with Gasteiger partial charge in [0, 0.05) is 12.4 Å². The molecule has 1 aliphatic rings. The minimum absolute atomic E-state index is 0.0619. The largest absolute Gasteiger partial charge is 0.345 e. The Balaban J connectivity index is 1.64. The number of imidazole rings is 1. The highest BCUT2D eigenvalue weighted by Crippen LogP contribution is 2.35. The van der Waals surface area contributed by atoms with Crippen LogP contribution in [0.15, 0.2) is 59.7 Å². The van der Waals surface area contributed by atoms with Gasteiger partial charge in [0.2, 0.25) is 0 Å². The number of nitrogens with zero attached hydrogens (tertiary/aromatic N) is 1. The van der Waals surface area contributed by atoms with Gasteiger partial charge in [0.15, 0.2) is 0 Å². The first-order valence-corrected chi connectivity index (χ1v) is 10.8. The highest BCUT2D eigenvalue weighted by atomic mass is 35.5. The van der Waals surface area contributed by atoms with Crippen LogP contribution in [0.1, 0.15) is 59.6 Å². The quantitative estimate of drug-likeness (QED) is 0.593. The second kappa shape index (κ2) is 8.92. The van der Waals surface area contributed by atoms with Gasteiger partial charge in [-0.3, -0.25) is 9.36 Å². The molecule has 0 radical (unpaired) electrons. The molecule has 1 atom stereocenters. The minimum Gasteiger partial charge on any atom is -0.345 e. The van der Waals surface area contributed by atoms with Crippen LogP contribution in [0, 0.1) is 12.8 Å². The molecule has 1 heterocycles. The van der Waals surface area contributed by atoms with Crippen LogP contribution in [0.4, 0.5) is 0 Å². The van der Waals surface area contributed by atoms with Crippen molar-refractivity contribution in [1.82, 2.24) is 14.9 Å². The van der Waals surface area contributed by atoms with Crippen LogP contribution in [0.2, 0.25) is 5.02 Å². The number of aryl methyl sites for hydroxylation is 1. The van der Waals surface area contributed by atoms with E-state index < -0.39 is 0 Å². The average Bonchev–Trinajstić information content (AvgIpc) is 3.19. The van der Waals surface area contributed by atoms with E-state index in [-0.39, 0.29) is 17.6 Å². The van der Waals surface area contributed by atoms with Gasteiger partial charge in [-0.05, 0) is 49.4 Å². The number of halogens is 1. The van der Waals surface area contributed by atoms with Gasteiger partial charge in [0.1, 0.15) is 0 Å². The molecule has 0 saturated heterocycles. The zero-order valence-corrected chi connectivity index (χ0v) is 17.8. The normalized spacial score (nSPS) is 15.7. The molecule has 0 aliphatic heterocycles. The second-order valence-electron chi connectivity index (χ2n) is 8.06. The second-order valence-corrected chi connectivity index (χ2v) is 8.47. The first kappa shape index (κ1) is 20.5. The first-order chi connectivity index (χ1) is 14.5. The lowest BCUT2D eigenvalue weighted by Gasteiger charge is -2.31. The van der Waals surface area contributed by atoms with Crippen LogP contribution in [0.5, 0.6) is 0 Å². The van der Waals surface area contributed by atoms with Crippen molar-refractivity contribution in [2.75, 3.05) is 0 Å². The predicted octanol–water partition coefficient (Wildman–Crippen LogP) is 5.18. The zero-order chi connectivity index (χ0) is 21.1. The summed E-state index contributed by atoms with van der Waals surface area (Å²) in [6.45, 7) is 2.06. The molecular weight excluding hydrogens is 398 g/mol. The SMILES string of the molecule is Cc1ccc(C(NC(=O)c2cc(-n3cc[nH]c3=O)ccc2Cl)C2CCCCC2)cc1. The van der Waals surface area contributed by atoms with Crippen molar-refractivity contribution >= 4 is 17.5 Å². The fourth-order valence-electron chi connectivity index (χ4n) is 4.29. The zero-order valence-electron chi connectivity index (χ0n) is 17.0. The summed E-state index contributed by atoms with van der Waals surface area (Å²) < 4.78 is 1.45. The Kier molecular flexibility index (Phi) is 6.09. The Hall–Kier alpha value is -2.79. The molecule has 30 heavy (non-hydrogen) atoms. The highest BCUT2D eigenvalue weighted by Gasteiger charge is 2.27. The summed E-state index contributed by atoms with van der Waals surface area (Å²) in [6.07, 6.45) is 9.03. The predicted molar refractivity (Wildman–Crippen MR) is 119 cm³/mol. The molecule has 1 aromatic heterocycles. The van der Waals surface area contributed by atoms with E-state index in [4.69, 9.17) is 11.6 Å². The number of rotatable bonds is 5. The molecule has 2 N–H and O–H groups in total. The van der Waals surface area contributed by atoms with Gasteiger partial charge in [-0.15, -0.1) is 0 Å². The van der Waals surface area contributed by atoms with Crippen molar-refractivity contribution in [1.29, 1.82) is 0 Å². The number of benzene rings is 2. The number of amides is 1. The van der Waals surface area contributed by atoms with Gasteiger partial charge >= 0.3 is 5.69 Å². The van der Waals surface area contributed by atoms with E-state index in [1.54, 1.807) is 30.6 Å². The standard InChI is InChI=1S/C24H26ClN3O2/c1-16-7-9-18(10-8-16)22(17-5-3-2-4-6-17)27-23(29)20-15-19(11-12-21(20)25)28-14-13-26-24(28)30/h7-15,17,22H,2-6H2,1H3,(H,26,30)(H,27,29). The van der Waals surface area contributed by atoms with Crippen LogP contribution in [-0.2, 0) is 0 Å². The number of hydrogen-bond donors (Lipinski definition) is 2. The molecular formula is C24H26ClN3O2. The van der Waals surface area contributed by atoms with Gasteiger partial charge < -0.3 is 10.3 Å². The summed E-state index contributed by atoms with van der Waals surface area (Å²) in [4.78, 5) is 27.8. The Bertz CT molecular complexity index is 1080. The van der Waals surface area contributed by atoms with Crippen molar-refractivity contribution in [2.24, 2.45) is 5.92 Å². The molecule has 1 saturated carbocycles. The lowest BCUT2D eigenvalue weighted by Crippen LogP contribution is -2.34. The Labute approximate surface area is 181 Å². The number of nitrogens with one attached hydrogen (secondary N) is 2. The molecule has 1 unspecified atom stereocenters. The molecule has 1 amide bonds. The Morgan fingerprint density at radius 3 is 2.53 bits per heavy atom. The average molecular weight is 424 g/mol. The van der Waals surface area contributed by atoms with E-state index in [0.29, 0.717) is 22.2 Å². The van der Waals surface area contributed by atoms with E-state index in [1.807, 2.05) is 0 Å². The number of aromatic amines is 1. The highest BCUT2D eigenvalue weighted by molar-refractivity contribution is 6.33. The summed E-state index contributed by atoms with van der Waals surface area (Å²) in [5.41, 5.74) is 3.02. The van der Waals surface area contributed by atoms with Crippen LogP contribution < -0.4 is 11.0 Å². The van der Waals surface area contributed by atoms with Crippen molar-refractivity contribution in [2.45, 2.75) is 45.1 Å². The summed E-state index contributed by atoms with van der Waals surface area (Å²) in [6, 6.07) is 13.4. The maximum atomic E-state index is 13.3. The van der Waals surface area contributed by atoms with E-state index in [9.17, 15) is 9.59 Å². The Morgan fingerprint density at radius 1 is 1.13 bits per heavy atom. The number of carbonyl (C=O) groups is 1. The van der Waals surface area contributed by atoms with Gasteiger partial charge in [-0.25, -0.2) is 4.79 Å². The van der Waals surface area contributed by atoms with Gasteiger partial charge in [0.25, 0.3) is 5.91 Å². The van der Waals surface area contributed by atoms with E-state index >= 15 is 0 Å². The van der Waals surface area contributed by atoms with Crippen LogP contribution in [0.25, 0.3) is 5.69 Å². The lowest BCUT2D eigenvalue weighted by molar-refractivity contribution is 0.0912. The molecule has 6 heteroatoms. The van der Waals surface area contributed by atoms with E-state index in [0.717, 1.165) is 18.4 Å². The number of hydrogen-bond acceptors (Lipinski definition) is 2. The van der Waals surface area contributed by atoms with Crippen LogP contribution >= 0.6 is 11.6 Å². The van der Waals surface area contributed by atoms with Crippen molar-refractivity contribution in [3.63, 3.8) is 0 Å². The molecule has 0 spiro atoms. The van der Waals surface area contributed by atoms with Crippen molar-refractivity contribution < 1.29 is 4.79 Å². The number of H-pyrrole nitrogens is 1. The molecule has 5 nitrogen and oxygen atoms in total. The lowest BCUT2D eigenvalue weighted by atomic mass is 9.81. The molecule has 1 aliphatic carbocycles. The monoisotopic (exact) mass is 423 g/mol. The maximum Gasteiger partial charge on any atom is 0.330 e. The summed E-state index contributed by atoms with van der Waals surface area (Å²) in [7, 11) is 0. The fourth-order valence-corrected chi connectivity index (χ4v) is 4.50. The van der Waals surface area contributed by atoms with E-state index in [1.165, 1.54) is 29.4 Å². The van der Waals surface area contributed by atoms with Crippen molar-refractivity contribution in [3.8, 4) is 5.69 Å². The van der Waals surface area contributed by atoms with Gasteiger partial charge in [-0.2, -0.15) is 0 Å². The van der Waals surface area contributed by atoms with E-state index in [2.05, 4.69) is 41.5 Å².